The summed E-state index contributed by atoms with van der Waals surface area (Å²) in [5, 5.41) is 4.58. The summed E-state index contributed by atoms with van der Waals surface area (Å²) in [4.78, 5) is 0. The molecule has 1 N–H and O–H groups in total. The number of nitrogens with one attached hydrogen (secondary N) is 1. The van der Waals surface area contributed by atoms with E-state index in [2.05, 4.69) is 26.1 Å². The number of halogens is 2. The normalized spacial score (nSPS) is 12.8. The lowest BCUT2D eigenvalue weighted by Crippen LogP contribution is -2.25. The van der Waals surface area contributed by atoms with E-state index in [1.807, 2.05) is 6.07 Å². The molecule has 1 atom stereocenters. The van der Waals surface area contributed by atoms with E-state index in [1.54, 1.807) is 12.1 Å². The molecular weight excluding hydrogens is 269 g/mol. The van der Waals surface area contributed by atoms with Crippen LogP contribution in [0.5, 0.6) is 5.75 Å². The Morgan fingerprint density at radius 2 is 1.94 bits per heavy atom. The minimum atomic E-state index is 0.151. The fraction of sp³-hybridized carbons (Fsp3) is 0.571. The van der Waals surface area contributed by atoms with Crippen LogP contribution in [-0.2, 0) is 0 Å². The van der Waals surface area contributed by atoms with E-state index in [0.717, 1.165) is 19.4 Å². The average Bonchev–Trinajstić information content (AvgIpc) is 2.28. The maximum absolute atomic E-state index is 6.05. The summed E-state index contributed by atoms with van der Waals surface area (Å²) in [6, 6.07) is 5.83. The Kier molecular flexibility index (Phi) is 6.83. The van der Waals surface area contributed by atoms with Crippen LogP contribution in [0.15, 0.2) is 18.2 Å². The zero-order chi connectivity index (χ0) is 13.5. The van der Waals surface area contributed by atoms with E-state index in [9.17, 15) is 0 Å². The highest BCUT2D eigenvalue weighted by Gasteiger charge is 2.07. The number of hydrogen-bond acceptors (Lipinski definition) is 2. The molecule has 18 heavy (non-hydrogen) atoms. The smallest absolute Gasteiger partial charge is 0.138 e. The molecule has 0 fully saturated rings. The Bertz CT molecular complexity index is 369. The highest BCUT2D eigenvalue weighted by atomic mass is 35.5. The Morgan fingerprint density at radius 3 is 2.56 bits per heavy atom. The van der Waals surface area contributed by atoms with Gasteiger partial charge < -0.3 is 10.1 Å². The third kappa shape index (κ3) is 5.94. The lowest BCUT2D eigenvalue weighted by Gasteiger charge is -2.16. The maximum Gasteiger partial charge on any atom is 0.138 e. The zero-order valence-electron chi connectivity index (χ0n) is 11.2. The largest absolute Gasteiger partial charge is 0.489 e. The number of rotatable bonds is 7. The van der Waals surface area contributed by atoms with Crippen LogP contribution >= 0.6 is 23.2 Å². The molecule has 0 aromatic heterocycles. The second kappa shape index (κ2) is 7.88. The van der Waals surface area contributed by atoms with Crippen LogP contribution in [0.25, 0.3) is 0 Å². The van der Waals surface area contributed by atoms with Gasteiger partial charge in [0.25, 0.3) is 0 Å². The molecule has 0 spiro atoms. The molecule has 102 valence electrons. The van der Waals surface area contributed by atoms with Crippen molar-refractivity contribution in [3.05, 3.63) is 28.2 Å². The van der Waals surface area contributed by atoms with Crippen molar-refractivity contribution >= 4 is 23.2 Å². The van der Waals surface area contributed by atoms with Crippen LogP contribution in [0.2, 0.25) is 10.0 Å². The van der Waals surface area contributed by atoms with Gasteiger partial charge in [0, 0.05) is 11.1 Å². The van der Waals surface area contributed by atoms with E-state index in [0.29, 0.717) is 21.8 Å². The Hall–Kier alpha value is -0.440. The monoisotopic (exact) mass is 289 g/mol. The van der Waals surface area contributed by atoms with Gasteiger partial charge in [-0.1, -0.05) is 37.0 Å². The third-order valence-electron chi connectivity index (χ3n) is 2.56. The summed E-state index contributed by atoms with van der Waals surface area (Å²) in [5.74, 6) is 0.699. The van der Waals surface area contributed by atoms with Gasteiger partial charge in [-0.05, 0) is 44.5 Å². The highest BCUT2D eigenvalue weighted by molar-refractivity contribution is 6.35. The molecule has 1 aromatic rings. The standard InChI is InChI=1S/C14H21Cl2NO/c1-10(2)17-8-4-5-11(3)18-14-7-6-12(15)9-13(14)16/h6-7,9-11,17H,4-5,8H2,1-3H3. The Balaban J connectivity index is 2.33. The molecule has 0 amide bonds. The molecule has 0 heterocycles. The molecule has 0 aliphatic carbocycles. The molecule has 1 aromatic carbocycles. The Labute approximate surface area is 120 Å². The molecule has 1 unspecified atom stereocenters. The van der Waals surface area contributed by atoms with Gasteiger partial charge in [-0.2, -0.15) is 0 Å². The van der Waals surface area contributed by atoms with Gasteiger partial charge in [-0.25, -0.2) is 0 Å². The van der Waals surface area contributed by atoms with Gasteiger partial charge in [-0.3, -0.25) is 0 Å². The van der Waals surface area contributed by atoms with Crippen LogP contribution in [0.1, 0.15) is 33.6 Å². The Morgan fingerprint density at radius 1 is 1.22 bits per heavy atom. The SMILES string of the molecule is CC(C)NCCCC(C)Oc1ccc(Cl)cc1Cl. The van der Waals surface area contributed by atoms with Gasteiger partial charge in [0.2, 0.25) is 0 Å². The van der Waals surface area contributed by atoms with Gasteiger partial charge in [0.1, 0.15) is 5.75 Å². The van der Waals surface area contributed by atoms with E-state index < -0.39 is 0 Å². The molecule has 4 heteroatoms. The predicted octanol–water partition coefficient (Wildman–Crippen LogP) is 4.54. The molecule has 2 nitrogen and oxygen atoms in total. The summed E-state index contributed by atoms with van der Waals surface area (Å²) in [5.41, 5.74) is 0. The van der Waals surface area contributed by atoms with Crippen molar-refractivity contribution in [1.29, 1.82) is 0 Å². The highest BCUT2D eigenvalue weighted by Crippen LogP contribution is 2.28. The minimum absolute atomic E-state index is 0.151. The topological polar surface area (TPSA) is 21.3 Å². The first kappa shape index (κ1) is 15.6. The predicted molar refractivity (Wildman–Crippen MR) is 78.9 cm³/mol. The van der Waals surface area contributed by atoms with Crippen molar-refractivity contribution in [2.45, 2.75) is 45.8 Å². The molecule has 0 saturated carbocycles. The molecule has 0 aliphatic rings. The number of benzene rings is 1. The summed E-state index contributed by atoms with van der Waals surface area (Å²) < 4.78 is 5.79. The van der Waals surface area contributed by atoms with Crippen LogP contribution in [0, 0.1) is 0 Å². The van der Waals surface area contributed by atoms with E-state index in [4.69, 9.17) is 27.9 Å². The molecule has 0 aliphatic heterocycles. The van der Waals surface area contributed by atoms with Crippen LogP contribution in [0.3, 0.4) is 0 Å². The minimum Gasteiger partial charge on any atom is -0.489 e. The third-order valence-corrected chi connectivity index (χ3v) is 3.09. The summed E-state index contributed by atoms with van der Waals surface area (Å²) in [7, 11) is 0. The van der Waals surface area contributed by atoms with Gasteiger partial charge in [-0.15, -0.1) is 0 Å². The van der Waals surface area contributed by atoms with Gasteiger partial charge >= 0.3 is 0 Å². The van der Waals surface area contributed by atoms with Crippen LogP contribution < -0.4 is 10.1 Å². The number of hydrogen-bond donors (Lipinski definition) is 1. The van der Waals surface area contributed by atoms with E-state index in [1.165, 1.54) is 0 Å². The van der Waals surface area contributed by atoms with Gasteiger partial charge in [0.05, 0.1) is 11.1 Å². The first-order valence-electron chi connectivity index (χ1n) is 6.34. The molecule has 0 saturated heterocycles. The first-order valence-corrected chi connectivity index (χ1v) is 7.09. The lowest BCUT2D eigenvalue weighted by molar-refractivity contribution is 0.207. The van der Waals surface area contributed by atoms with Crippen molar-refractivity contribution in [3.8, 4) is 5.75 Å². The second-order valence-electron chi connectivity index (χ2n) is 4.75. The van der Waals surface area contributed by atoms with E-state index in [-0.39, 0.29) is 6.10 Å². The summed E-state index contributed by atoms with van der Waals surface area (Å²) >= 11 is 11.9. The molecule has 0 bridgehead atoms. The second-order valence-corrected chi connectivity index (χ2v) is 5.60. The quantitative estimate of drug-likeness (QED) is 0.744. The molecule has 0 radical (unpaired) electrons. The van der Waals surface area contributed by atoms with Crippen LogP contribution in [-0.4, -0.2) is 18.7 Å². The molecule has 1 rings (SSSR count). The van der Waals surface area contributed by atoms with Crippen molar-refractivity contribution in [1.82, 2.24) is 5.32 Å². The van der Waals surface area contributed by atoms with Gasteiger partial charge in [0.15, 0.2) is 0 Å². The van der Waals surface area contributed by atoms with E-state index >= 15 is 0 Å². The fourth-order valence-electron chi connectivity index (χ4n) is 1.63. The number of ether oxygens (including phenoxy) is 1. The van der Waals surface area contributed by atoms with Crippen molar-refractivity contribution in [2.75, 3.05) is 6.54 Å². The maximum atomic E-state index is 6.05. The first-order chi connectivity index (χ1) is 8.49. The van der Waals surface area contributed by atoms with Crippen LogP contribution in [0.4, 0.5) is 0 Å². The van der Waals surface area contributed by atoms with Crippen molar-refractivity contribution in [3.63, 3.8) is 0 Å². The van der Waals surface area contributed by atoms with Crippen molar-refractivity contribution in [2.24, 2.45) is 0 Å². The lowest BCUT2D eigenvalue weighted by atomic mass is 10.2. The fourth-order valence-corrected chi connectivity index (χ4v) is 2.08. The zero-order valence-corrected chi connectivity index (χ0v) is 12.7. The average molecular weight is 290 g/mol. The summed E-state index contributed by atoms with van der Waals surface area (Å²) in [6.07, 6.45) is 2.24. The molecular formula is C14H21Cl2NO. The summed E-state index contributed by atoms with van der Waals surface area (Å²) in [6.45, 7) is 7.36. The van der Waals surface area contributed by atoms with Crippen molar-refractivity contribution < 1.29 is 4.74 Å².